The summed E-state index contributed by atoms with van der Waals surface area (Å²) in [7, 11) is 1.60. The summed E-state index contributed by atoms with van der Waals surface area (Å²) in [6.07, 6.45) is 2.20. The minimum atomic E-state index is -0.102. The first kappa shape index (κ1) is 12.4. The smallest absolute Gasteiger partial charge is 0.144 e. The summed E-state index contributed by atoms with van der Waals surface area (Å²) in [5, 5.41) is 18.2. The van der Waals surface area contributed by atoms with Crippen molar-refractivity contribution in [3.05, 3.63) is 34.6 Å². The van der Waals surface area contributed by atoms with E-state index in [4.69, 9.17) is 16.3 Å². The molecule has 0 amide bonds. The van der Waals surface area contributed by atoms with Crippen molar-refractivity contribution in [3.63, 3.8) is 0 Å². The maximum Gasteiger partial charge on any atom is 0.144 e. The minimum Gasteiger partial charge on any atom is -0.494 e. The van der Waals surface area contributed by atoms with Crippen molar-refractivity contribution in [1.29, 1.82) is 0 Å². The van der Waals surface area contributed by atoms with Gasteiger partial charge in [0.05, 0.1) is 19.4 Å². The van der Waals surface area contributed by atoms with Gasteiger partial charge in [0.2, 0.25) is 0 Å². The second-order valence-electron chi connectivity index (χ2n) is 4.58. The van der Waals surface area contributed by atoms with E-state index in [1.54, 1.807) is 30.0 Å². The maximum atomic E-state index is 9.36. The summed E-state index contributed by atoms with van der Waals surface area (Å²) in [6.45, 7) is -0.102. The van der Waals surface area contributed by atoms with Crippen LogP contribution in [0.15, 0.2) is 18.2 Å². The lowest BCUT2D eigenvalue weighted by Crippen LogP contribution is -2.05. The van der Waals surface area contributed by atoms with Gasteiger partial charge in [0.25, 0.3) is 0 Å². The van der Waals surface area contributed by atoms with E-state index in [0.29, 0.717) is 22.4 Å². The van der Waals surface area contributed by atoms with E-state index in [2.05, 4.69) is 10.3 Å². The average molecular weight is 280 g/mol. The van der Waals surface area contributed by atoms with Crippen molar-refractivity contribution in [2.24, 2.45) is 0 Å². The molecule has 0 radical (unpaired) electrons. The molecule has 1 aliphatic rings. The Kier molecular flexibility index (Phi) is 3.16. The van der Waals surface area contributed by atoms with Gasteiger partial charge in [-0.2, -0.15) is 0 Å². The number of aliphatic hydroxyl groups excluding tert-OH is 1. The highest BCUT2D eigenvalue weighted by molar-refractivity contribution is 6.30. The van der Waals surface area contributed by atoms with Crippen molar-refractivity contribution in [2.75, 3.05) is 7.11 Å². The molecule has 3 rings (SSSR count). The third-order valence-electron chi connectivity index (χ3n) is 3.26. The second kappa shape index (κ2) is 4.83. The summed E-state index contributed by atoms with van der Waals surface area (Å²) in [5.41, 5.74) is 2.34. The summed E-state index contributed by atoms with van der Waals surface area (Å²) in [6, 6.07) is 5.36. The first-order valence-corrected chi connectivity index (χ1v) is 6.51. The summed E-state index contributed by atoms with van der Waals surface area (Å²) < 4.78 is 7.07. The molecule has 0 unspecified atom stereocenters. The molecule has 6 heteroatoms. The molecule has 1 aliphatic carbocycles. The molecule has 1 aromatic heterocycles. The van der Waals surface area contributed by atoms with Crippen molar-refractivity contribution < 1.29 is 9.84 Å². The molecule has 1 N–H and O–H groups in total. The molecule has 1 saturated carbocycles. The molecule has 1 heterocycles. The largest absolute Gasteiger partial charge is 0.494 e. The molecule has 1 aromatic carbocycles. The highest BCUT2D eigenvalue weighted by Gasteiger charge is 2.32. The maximum absolute atomic E-state index is 9.36. The van der Waals surface area contributed by atoms with E-state index in [1.165, 1.54) is 0 Å². The lowest BCUT2D eigenvalue weighted by atomic mass is 10.2. The lowest BCUT2D eigenvalue weighted by Gasteiger charge is -2.11. The Hall–Kier alpha value is -1.59. The van der Waals surface area contributed by atoms with Crippen LogP contribution < -0.4 is 4.74 Å². The molecular weight excluding hydrogens is 266 g/mol. The third kappa shape index (κ3) is 2.19. The summed E-state index contributed by atoms with van der Waals surface area (Å²) >= 11 is 6.05. The highest BCUT2D eigenvalue weighted by atomic mass is 35.5. The molecule has 5 nitrogen and oxygen atoms in total. The Bertz CT molecular complexity index is 608. The van der Waals surface area contributed by atoms with Gasteiger partial charge in [-0.3, -0.25) is 0 Å². The Balaban J connectivity index is 2.16. The van der Waals surface area contributed by atoms with E-state index >= 15 is 0 Å². The van der Waals surface area contributed by atoms with Gasteiger partial charge in [-0.25, -0.2) is 4.68 Å². The monoisotopic (exact) mass is 279 g/mol. The number of halogens is 1. The molecule has 0 bridgehead atoms. The molecule has 19 heavy (non-hydrogen) atoms. The SMILES string of the molecule is COc1ccc(Cl)cc1-n1nnc(CO)c1C1CC1. The number of hydrogen-bond acceptors (Lipinski definition) is 4. The lowest BCUT2D eigenvalue weighted by molar-refractivity contribution is 0.275. The van der Waals surface area contributed by atoms with Gasteiger partial charge in [-0.1, -0.05) is 16.8 Å². The molecule has 0 saturated heterocycles. The average Bonchev–Trinajstić information content (AvgIpc) is 3.17. The van der Waals surface area contributed by atoms with Crippen LogP contribution in [0.3, 0.4) is 0 Å². The number of benzene rings is 1. The van der Waals surface area contributed by atoms with Crippen LogP contribution in [0.2, 0.25) is 5.02 Å². The summed E-state index contributed by atoms with van der Waals surface area (Å²) in [4.78, 5) is 0. The first-order valence-electron chi connectivity index (χ1n) is 6.14. The minimum absolute atomic E-state index is 0.102. The first-order chi connectivity index (χ1) is 9.24. The van der Waals surface area contributed by atoms with Crippen LogP contribution in [0.5, 0.6) is 5.75 Å². The van der Waals surface area contributed by atoms with Crippen LogP contribution in [0, 0.1) is 0 Å². The molecular formula is C13H14ClN3O2. The Morgan fingerprint density at radius 2 is 2.26 bits per heavy atom. The zero-order valence-electron chi connectivity index (χ0n) is 10.5. The van der Waals surface area contributed by atoms with Gasteiger partial charge in [0.1, 0.15) is 17.1 Å². The Morgan fingerprint density at radius 3 is 2.89 bits per heavy atom. The van der Waals surface area contributed by atoms with Crippen LogP contribution in [0.4, 0.5) is 0 Å². The third-order valence-corrected chi connectivity index (χ3v) is 3.50. The zero-order chi connectivity index (χ0) is 13.4. The quantitative estimate of drug-likeness (QED) is 0.933. The van der Waals surface area contributed by atoms with Crippen molar-refractivity contribution in [1.82, 2.24) is 15.0 Å². The van der Waals surface area contributed by atoms with Crippen molar-refractivity contribution in [2.45, 2.75) is 25.4 Å². The molecule has 1 fully saturated rings. The van der Waals surface area contributed by atoms with Gasteiger partial charge in [-0.05, 0) is 31.0 Å². The van der Waals surface area contributed by atoms with Gasteiger partial charge in [-0.15, -0.1) is 5.10 Å². The number of nitrogens with zero attached hydrogens (tertiary/aromatic N) is 3. The van der Waals surface area contributed by atoms with Crippen LogP contribution in [0.25, 0.3) is 5.69 Å². The molecule has 0 spiro atoms. The van der Waals surface area contributed by atoms with E-state index in [-0.39, 0.29) is 6.61 Å². The fraction of sp³-hybridized carbons (Fsp3) is 0.385. The number of methoxy groups -OCH3 is 1. The molecule has 0 atom stereocenters. The topological polar surface area (TPSA) is 60.2 Å². The van der Waals surface area contributed by atoms with Gasteiger partial charge in [0, 0.05) is 10.9 Å². The fourth-order valence-electron chi connectivity index (χ4n) is 2.20. The number of ether oxygens (including phenoxy) is 1. The Morgan fingerprint density at radius 1 is 1.47 bits per heavy atom. The van der Waals surface area contributed by atoms with E-state index in [0.717, 1.165) is 24.2 Å². The van der Waals surface area contributed by atoms with Crippen LogP contribution in [-0.2, 0) is 6.61 Å². The zero-order valence-corrected chi connectivity index (χ0v) is 11.3. The van der Waals surface area contributed by atoms with E-state index in [1.807, 2.05) is 0 Å². The van der Waals surface area contributed by atoms with Crippen LogP contribution in [0.1, 0.15) is 30.1 Å². The predicted octanol–water partition coefficient (Wildman–Crippen LogP) is 2.30. The van der Waals surface area contributed by atoms with E-state index < -0.39 is 0 Å². The van der Waals surface area contributed by atoms with E-state index in [9.17, 15) is 5.11 Å². The molecule has 0 aliphatic heterocycles. The fourth-order valence-corrected chi connectivity index (χ4v) is 2.37. The number of rotatable bonds is 4. The number of aliphatic hydroxyl groups is 1. The molecule has 100 valence electrons. The molecule has 2 aromatic rings. The van der Waals surface area contributed by atoms with Crippen LogP contribution >= 0.6 is 11.6 Å². The van der Waals surface area contributed by atoms with Crippen LogP contribution in [-0.4, -0.2) is 27.2 Å². The number of aromatic nitrogens is 3. The van der Waals surface area contributed by atoms with Crippen molar-refractivity contribution in [3.8, 4) is 11.4 Å². The normalized spacial score (nSPS) is 14.7. The standard InChI is InChI=1S/C13H14ClN3O2/c1-19-12-5-4-9(14)6-11(12)17-13(8-2-3-8)10(7-18)15-16-17/h4-6,8,18H,2-3,7H2,1H3. The van der Waals surface area contributed by atoms with Crippen molar-refractivity contribution >= 4 is 11.6 Å². The second-order valence-corrected chi connectivity index (χ2v) is 5.02. The van der Waals surface area contributed by atoms with Gasteiger partial charge < -0.3 is 9.84 Å². The highest BCUT2D eigenvalue weighted by Crippen LogP contribution is 2.42. The van der Waals surface area contributed by atoms with Gasteiger partial charge in [0.15, 0.2) is 0 Å². The van der Waals surface area contributed by atoms with Gasteiger partial charge >= 0.3 is 0 Å². The summed E-state index contributed by atoms with van der Waals surface area (Å²) in [5.74, 6) is 1.10. The number of hydrogen-bond donors (Lipinski definition) is 1. The Labute approximate surface area is 115 Å². The predicted molar refractivity (Wildman–Crippen MR) is 70.8 cm³/mol.